The van der Waals surface area contributed by atoms with Crippen LogP contribution in [-0.4, -0.2) is 20.1 Å². The average molecular weight is 334 g/mol. The predicted octanol–water partition coefficient (Wildman–Crippen LogP) is 3.25. The van der Waals surface area contributed by atoms with Gasteiger partial charge in [0.2, 0.25) is 10.0 Å². The lowest BCUT2D eigenvalue weighted by molar-refractivity contribution is 0.280. The van der Waals surface area contributed by atoms with Crippen LogP contribution in [0.2, 0.25) is 5.02 Å². The van der Waals surface area contributed by atoms with Gasteiger partial charge in [-0.1, -0.05) is 38.3 Å². The lowest BCUT2D eigenvalue weighted by atomic mass is 10.1. The van der Waals surface area contributed by atoms with Crippen LogP contribution in [0, 0.1) is 12.8 Å². The quantitative estimate of drug-likeness (QED) is 0.718. The number of halogens is 1. The van der Waals surface area contributed by atoms with E-state index in [1.54, 1.807) is 13.0 Å². The lowest BCUT2D eigenvalue weighted by Crippen LogP contribution is -2.26. The summed E-state index contributed by atoms with van der Waals surface area (Å²) in [5, 5.41) is 9.57. The molecule has 0 atom stereocenters. The number of sulfonamides is 1. The molecule has 0 unspecified atom stereocenters. The van der Waals surface area contributed by atoms with E-state index in [0.717, 1.165) is 19.3 Å². The van der Waals surface area contributed by atoms with Crippen molar-refractivity contribution >= 4 is 21.6 Å². The average Bonchev–Trinajstić information content (AvgIpc) is 2.40. The summed E-state index contributed by atoms with van der Waals surface area (Å²) in [6.07, 6.45) is 2.90. The topological polar surface area (TPSA) is 66.4 Å². The second-order valence-corrected chi connectivity index (χ2v) is 7.81. The molecule has 0 aliphatic carbocycles. The van der Waals surface area contributed by atoms with Gasteiger partial charge in [-0.2, -0.15) is 0 Å². The first-order chi connectivity index (χ1) is 9.77. The zero-order valence-electron chi connectivity index (χ0n) is 12.8. The summed E-state index contributed by atoms with van der Waals surface area (Å²) in [5.41, 5.74) is 1.07. The molecule has 0 aliphatic rings. The number of unbranched alkanes of at least 4 members (excludes halogenated alkanes) is 1. The molecule has 0 aromatic heterocycles. The standard InChI is InChI=1S/C15H24ClNO3S/c1-11(2)6-4-5-7-17-21(19,20)15-9-14(16)8-13(10-18)12(15)3/h8-9,11,17-18H,4-7,10H2,1-3H3. The van der Waals surface area contributed by atoms with Crippen LogP contribution in [0.1, 0.15) is 44.2 Å². The summed E-state index contributed by atoms with van der Waals surface area (Å²) >= 11 is 5.92. The minimum Gasteiger partial charge on any atom is -0.392 e. The molecule has 0 radical (unpaired) electrons. The minimum atomic E-state index is -3.59. The molecular formula is C15H24ClNO3S. The highest BCUT2D eigenvalue weighted by Gasteiger charge is 2.19. The van der Waals surface area contributed by atoms with Gasteiger partial charge in [-0.05, 0) is 42.5 Å². The van der Waals surface area contributed by atoms with Gasteiger partial charge in [0, 0.05) is 11.6 Å². The third-order valence-corrected chi connectivity index (χ3v) is 5.20. The van der Waals surface area contributed by atoms with E-state index in [9.17, 15) is 13.5 Å². The van der Waals surface area contributed by atoms with Crippen molar-refractivity contribution in [3.05, 3.63) is 28.3 Å². The number of hydrogen-bond acceptors (Lipinski definition) is 3. The summed E-state index contributed by atoms with van der Waals surface area (Å²) in [5.74, 6) is 0.629. The highest BCUT2D eigenvalue weighted by atomic mass is 35.5. The van der Waals surface area contributed by atoms with Crippen molar-refractivity contribution in [3.8, 4) is 0 Å². The second-order valence-electron chi connectivity index (χ2n) is 5.63. The Bertz CT molecular complexity index is 571. The molecule has 0 bridgehead atoms. The highest BCUT2D eigenvalue weighted by Crippen LogP contribution is 2.24. The van der Waals surface area contributed by atoms with E-state index in [1.807, 2.05) is 0 Å². The molecule has 0 saturated heterocycles. The molecule has 2 N–H and O–H groups in total. The molecule has 0 aliphatic heterocycles. The number of nitrogens with one attached hydrogen (secondary N) is 1. The molecule has 0 saturated carbocycles. The van der Waals surface area contributed by atoms with E-state index in [-0.39, 0.29) is 11.5 Å². The number of benzene rings is 1. The monoisotopic (exact) mass is 333 g/mol. The maximum absolute atomic E-state index is 12.3. The van der Waals surface area contributed by atoms with Crippen molar-refractivity contribution < 1.29 is 13.5 Å². The molecule has 0 spiro atoms. The van der Waals surface area contributed by atoms with Gasteiger partial charge in [0.05, 0.1) is 11.5 Å². The Labute approximate surface area is 132 Å². The van der Waals surface area contributed by atoms with E-state index in [1.165, 1.54) is 6.07 Å². The Morgan fingerprint density at radius 1 is 1.29 bits per heavy atom. The van der Waals surface area contributed by atoms with Crippen LogP contribution in [0.25, 0.3) is 0 Å². The first-order valence-corrected chi connectivity index (χ1v) is 9.03. The Kier molecular flexibility index (Phi) is 7.13. The van der Waals surface area contributed by atoms with Crippen molar-refractivity contribution in [2.45, 2.75) is 51.5 Å². The number of aliphatic hydroxyl groups excluding tert-OH is 1. The van der Waals surface area contributed by atoms with E-state index in [2.05, 4.69) is 18.6 Å². The molecule has 1 rings (SSSR count). The fourth-order valence-corrected chi connectivity index (χ4v) is 3.80. The summed E-state index contributed by atoms with van der Waals surface area (Å²) in [6.45, 7) is 6.15. The minimum absolute atomic E-state index is 0.142. The zero-order valence-corrected chi connectivity index (χ0v) is 14.4. The van der Waals surface area contributed by atoms with Gasteiger partial charge in [0.25, 0.3) is 0 Å². The smallest absolute Gasteiger partial charge is 0.240 e. The van der Waals surface area contributed by atoms with Gasteiger partial charge < -0.3 is 5.11 Å². The van der Waals surface area contributed by atoms with Gasteiger partial charge >= 0.3 is 0 Å². The first-order valence-electron chi connectivity index (χ1n) is 7.17. The molecule has 1 aromatic rings. The van der Waals surface area contributed by atoms with Crippen LogP contribution in [-0.2, 0) is 16.6 Å². The molecule has 4 nitrogen and oxygen atoms in total. The summed E-state index contributed by atoms with van der Waals surface area (Å²) in [6, 6.07) is 3.01. The van der Waals surface area contributed by atoms with Gasteiger partial charge in [-0.3, -0.25) is 0 Å². The van der Waals surface area contributed by atoms with Crippen molar-refractivity contribution in [1.29, 1.82) is 0 Å². The first kappa shape index (κ1) is 18.4. The normalized spacial score (nSPS) is 12.1. The third kappa shape index (κ3) is 5.58. The Morgan fingerprint density at radius 3 is 2.52 bits per heavy atom. The molecule has 21 heavy (non-hydrogen) atoms. The Balaban J connectivity index is 2.77. The lowest BCUT2D eigenvalue weighted by Gasteiger charge is -2.13. The molecule has 1 aromatic carbocycles. The number of rotatable bonds is 8. The van der Waals surface area contributed by atoms with Crippen LogP contribution < -0.4 is 4.72 Å². The largest absolute Gasteiger partial charge is 0.392 e. The van der Waals surface area contributed by atoms with E-state index in [4.69, 9.17) is 11.6 Å². The fraction of sp³-hybridized carbons (Fsp3) is 0.600. The zero-order chi connectivity index (χ0) is 16.0. The SMILES string of the molecule is Cc1c(CO)cc(Cl)cc1S(=O)(=O)NCCCCC(C)C. The van der Waals surface area contributed by atoms with Crippen LogP contribution >= 0.6 is 11.6 Å². The highest BCUT2D eigenvalue weighted by molar-refractivity contribution is 7.89. The summed E-state index contributed by atoms with van der Waals surface area (Å²) in [7, 11) is -3.59. The van der Waals surface area contributed by atoms with E-state index < -0.39 is 10.0 Å². The third-order valence-electron chi connectivity index (χ3n) is 3.39. The van der Waals surface area contributed by atoms with Crippen molar-refractivity contribution in [1.82, 2.24) is 4.72 Å². The molecule has 0 fully saturated rings. The summed E-state index contributed by atoms with van der Waals surface area (Å²) in [4.78, 5) is 0.142. The van der Waals surface area contributed by atoms with Crippen LogP contribution in [0.3, 0.4) is 0 Å². The van der Waals surface area contributed by atoms with Gasteiger partial charge in [0.15, 0.2) is 0 Å². The molecule has 0 heterocycles. The fourth-order valence-electron chi connectivity index (χ4n) is 2.11. The summed E-state index contributed by atoms with van der Waals surface area (Å²) < 4.78 is 27.2. The second kappa shape index (κ2) is 8.13. The predicted molar refractivity (Wildman–Crippen MR) is 86.0 cm³/mol. The van der Waals surface area contributed by atoms with Crippen molar-refractivity contribution in [2.75, 3.05) is 6.54 Å². The maximum atomic E-state index is 12.3. The molecular weight excluding hydrogens is 310 g/mol. The number of hydrogen-bond donors (Lipinski definition) is 2. The van der Waals surface area contributed by atoms with Crippen LogP contribution in [0.4, 0.5) is 0 Å². The Hall–Kier alpha value is -0.620. The molecule has 0 amide bonds. The Morgan fingerprint density at radius 2 is 1.95 bits per heavy atom. The van der Waals surface area contributed by atoms with Crippen LogP contribution in [0.15, 0.2) is 17.0 Å². The van der Waals surface area contributed by atoms with E-state index in [0.29, 0.717) is 28.6 Å². The molecule has 120 valence electrons. The van der Waals surface area contributed by atoms with E-state index >= 15 is 0 Å². The van der Waals surface area contributed by atoms with Gasteiger partial charge in [0.1, 0.15) is 0 Å². The van der Waals surface area contributed by atoms with Crippen LogP contribution in [0.5, 0.6) is 0 Å². The molecule has 6 heteroatoms. The van der Waals surface area contributed by atoms with Crippen molar-refractivity contribution in [2.24, 2.45) is 5.92 Å². The van der Waals surface area contributed by atoms with Crippen molar-refractivity contribution in [3.63, 3.8) is 0 Å². The maximum Gasteiger partial charge on any atom is 0.240 e. The van der Waals surface area contributed by atoms with Gasteiger partial charge in [-0.25, -0.2) is 13.1 Å². The number of aliphatic hydroxyl groups is 1. The van der Waals surface area contributed by atoms with Gasteiger partial charge in [-0.15, -0.1) is 0 Å².